The van der Waals surface area contributed by atoms with E-state index in [2.05, 4.69) is 9.71 Å². The first-order valence-corrected chi connectivity index (χ1v) is 12.8. The molecule has 0 amide bonds. The molecule has 160 valence electrons. The summed E-state index contributed by atoms with van der Waals surface area (Å²) in [5.41, 5.74) is 1.91. The van der Waals surface area contributed by atoms with Crippen molar-refractivity contribution in [1.82, 2.24) is 18.6 Å². The van der Waals surface area contributed by atoms with Crippen LogP contribution in [0.4, 0.5) is 0 Å². The number of para-hydroxylation sites is 2. The number of benzene rings is 2. The molecular formula is C20H24N4O4S2. The van der Waals surface area contributed by atoms with Gasteiger partial charge in [0.2, 0.25) is 20.0 Å². The Hall–Kier alpha value is -2.27. The largest absolute Gasteiger partial charge is 0.331 e. The molecule has 10 heteroatoms. The zero-order valence-electron chi connectivity index (χ0n) is 16.4. The van der Waals surface area contributed by atoms with Gasteiger partial charge in [-0.05, 0) is 55.7 Å². The molecule has 0 spiro atoms. The van der Waals surface area contributed by atoms with E-state index in [0.717, 1.165) is 23.9 Å². The highest BCUT2D eigenvalue weighted by Gasteiger charge is 2.27. The number of sulfonamides is 2. The van der Waals surface area contributed by atoms with E-state index in [4.69, 9.17) is 0 Å². The maximum absolute atomic E-state index is 12.6. The van der Waals surface area contributed by atoms with Crippen molar-refractivity contribution in [3.63, 3.8) is 0 Å². The molecule has 0 saturated carbocycles. The Labute approximate surface area is 176 Å². The van der Waals surface area contributed by atoms with Gasteiger partial charge in [0, 0.05) is 26.2 Å². The molecule has 0 unspecified atom stereocenters. The highest BCUT2D eigenvalue weighted by molar-refractivity contribution is 7.89. The SMILES string of the molecule is O=S(=O)(NCCCn1cnc2ccccc21)c1ccc(S(=O)(=O)N2CCCC2)cc1. The second-order valence-corrected chi connectivity index (χ2v) is 11.0. The van der Waals surface area contributed by atoms with Gasteiger partial charge in [0.25, 0.3) is 0 Å². The summed E-state index contributed by atoms with van der Waals surface area (Å²) in [6.07, 6.45) is 4.05. The molecule has 1 N–H and O–H groups in total. The summed E-state index contributed by atoms with van der Waals surface area (Å²) in [7, 11) is -7.26. The van der Waals surface area contributed by atoms with E-state index in [1.54, 1.807) is 6.33 Å². The van der Waals surface area contributed by atoms with Crippen molar-refractivity contribution in [3.8, 4) is 0 Å². The normalized spacial score (nSPS) is 15.7. The number of hydrogen-bond donors (Lipinski definition) is 1. The molecule has 0 atom stereocenters. The maximum Gasteiger partial charge on any atom is 0.243 e. The minimum atomic E-state index is -3.71. The Morgan fingerprint density at radius 2 is 1.57 bits per heavy atom. The number of hydrogen-bond acceptors (Lipinski definition) is 5. The predicted octanol–water partition coefficient (Wildman–Crippen LogP) is 2.19. The summed E-state index contributed by atoms with van der Waals surface area (Å²) in [6.45, 7) is 1.92. The number of nitrogens with one attached hydrogen (secondary N) is 1. The lowest BCUT2D eigenvalue weighted by molar-refractivity contribution is 0.477. The summed E-state index contributed by atoms with van der Waals surface area (Å²) in [6, 6.07) is 13.2. The van der Waals surface area contributed by atoms with Gasteiger partial charge < -0.3 is 4.57 Å². The third-order valence-corrected chi connectivity index (χ3v) is 8.62. The first kappa shape index (κ1) is 21.0. The van der Waals surface area contributed by atoms with Crippen LogP contribution in [0.15, 0.2) is 64.6 Å². The molecule has 3 aromatic rings. The van der Waals surface area contributed by atoms with Crippen molar-refractivity contribution in [3.05, 3.63) is 54.9 Å². The molecule has 1 fully saturated rings. The van der Waals surface area contributed by atoms with Crippen LogP contribution in [0.3, 0.4) is 0 Å². The van der Waals surface area contributed by atoms with E-state index in [1.165, 1.54) is 28.6 Å². The fourth-order valence-electron chi connectivity index (χ4n) is 3.60. The van der Waals surface area contributed by atoms with Crippen LogP contribution in [-0.4, -0.2) is 50.3 Å². The van der Waals surface area contributed by atoms with Crippen LogP contribution < -0.4 is 4.72 Å². The molecule has 1 aliphatic heterocycles. The lowest BCUT2D eigenvalue weighted by Crippen LogP contribution is -2.28. The summed E-state index contributed by atoms with van der Waals surface area (Å²) in [5.74, 6) is 0. The first-order valence-electron chi connectivity index (χ1n) is 9.88. The van der Waals surface area contributed by atoms with Gasteiger partial charge in [0.1, 0.15) is 0 Å². The number of aryl methyl sites for hydroxylation is 1. The number of imidazole rings is 1. The molecule has 8 nitrogen and oxygen atoms in total. The number of fused-ring (bicyclic) bond motifs is 1. The minimum absolute atomic E-state index is 0.0518. The van der Waals surface area contributed by atoms with E-state index < -0.39 is 20.0 Å². The third-order valence-electron chi connectivity index (χ3n) is 5.23. The Morgan fingerprint density at radius 3 is 2.30 bits per heavy atom. The van der Waals surface area contributed by atoms with Crippen molar-refractivity contribution in [2.45, 2.75) is 35.6 Å². The molecular weight excluding hydrogens is 424 g/mol. The van der Waals surface area contributed by atoms with Crippen molar-refractivity contribution in [2.24, 2.45) is 0 Å². The highest BCUT2D eigenvalue weighted by atomic mass is 32.2. The van der Waals surface area contributed by atoms with Crippen LogP contribution in [0.2, 0.25) is 0 Å². The Bertz CT molecular complexity index is 1230. The molecule has 0 aliphatic carbocycles. The van der Waals surface area contributed by atoms with E-state index in [-0.39, 0.29) is 16.3 Å². The molecule has 0 radical (unpaired) electrons. The zero-order chi connectivity index (χ0) is 21.2. The van der Waals surface area contributed by atoms with Gasteiger partial charge in [-0.15, -0.1) is 0 Å². The summed E-state index contributed by atoms with van der Waals surface area (Å²) in [4.78, 5) is 4.49. The second-order valence-electron chi connectivity index (χ2n) is 7.26. The lowest BCUT2D eigenvalue weighted by atomic mass is 10.3. The molecule has 30 heavy (non-hydrogen) atoms. The minimum Gasteiger partial charge on any atom is -0.331 e. The van der Waals surface area contributed by atoms with Crippen molar-refractivity contribution in [2.75, 3.05) is 19.6 Å². The average Bonchev–Trinajstić information content (AvgIpc) is 3.42. The van der Waals surface area contributed by atoms with Gasteiger partial charge in [-0.3, -0.25) is 0 Å². The lowest BCUT2D eigenvalue weighted by Gasteiger charge is -2.15. The van der Waals surface area contributed by atoms with E-state index in [9.17, 15) is 16.8 Å². The predicted molar refractivity (Wildman–Crippen MR) is 114 cm³/mol. The fraction of sp³-hybridized carbons (Fsp3) is 0.350. The first-order chi connectivity index (χ1) is 14.4. The Morgan fingerprint density at radius 1 is 0.900 bits per heavy atom. The van der Waals surface area contributed by atoms with Crippen LogP contribution >= 0.6 is 0 Å². The average molecular weight is 449 g/mol. The summed E-state index contributed by atoms with van der Waals surface area (Å²) < 4.78 is 56.2. The van der Waals surface area contributed by atoms with E-state index >= 15 is 0 Å². The molecule has 1 saturated heterocycles. The van der Waals surface area contributed by atoms with E-state index in [1.807, 2.05) is 28.8 Å². The Balaban J connectivity index is 1.36. The quantitative estimate of drug-likeness (QED) is 0.532. The van der Waals surface area contributed by atoms with Crippen molar-refractivity contribution < 1.29 is 16.8 Å². The molecule has 1 aliphatic rings. The molecule has 2 aromatic carbocycles. The zero-order valence-corrected chi connectivity index (χ0v) is 18.1. The van der Waals surface area contributed by atoms with Crippen LogP contribution in [-0.2, 0) is 26.6 Å². The van der Waals surface area contributed by atoms with Gasteiger partial charge in [-0.2, -0.15) is 4.31 Å². The van der Waals surface area contributed by atoms with Crippen molar-refractivity contribution in [1.29, 1.82) is 0 Å². The smallest absolute Gasteiger partial charge is 0.243 e. The topological polar surface area (TPSA) is 101 Å². The van der Waals surface area contributed by atoms with Gasteiger partial charge in [-0.1, -0.05) is 12.1 Å². The van der Waals surface area contributed by atoms with Gasteiger partial charge in [0.05, 0.1) is 27.2 Å². The van der Waals surface area contributed by atoms with Crippen LogP contribution in [0.1, 0.15) is 19.3 Å². The number of nitrogens with zero attached hydrogens (tertiary/aromatic N) is 3. The van der Waals surface area contributed by atoms with Gasteiger partial charge in [-0.25, -0.2) is 26.5 Å². The van der Waals surface area contributed by atoms with Crippen LogP contribution in [0.5, 0.6) is 0 Å². The molecule has 4 rings (SSSR count). The monoisotopic (exact) mass is 448 g/mol. The third kappa shape index (κ3) is 4.27. The van der Waals surface area contributed by atoms with Crippen LogP contribution in [0, 0.1) is 0 Å². The highest BCUT2D eigenvalue weighted by Crippen LogP contribution is 2.22. The molecule has 0 bridgehead atoms. The summed E-state index contributed by atoms with van der Waals surface area (Å²) in [5, 5.41) is 0. The molecule has 1 aromatic heterocycles. The second kappa shape index (κ2) is 8.46. The van der Waals surface area contributed by atoms with E-state index in [0.29, 0.717) is 26.1 Å². The number of aromatic nitrogens is 2. The van der Waals surface area contributed by atoms with Gasteiger partial charge in [0.15, 0.2) is 0 Å². The van der Waals surface area contributed by atoms with Crippen LogP contribution in [0.25, 0.3) is 11.0 Å². The maximum atomic E-state index is 12.6. The standard InChI is InChI=1S/C20H24N4O4S2/c25-29(26,22-12-5-13-23-16-21-19-6-1-2-7-20(19)23)17-8-10-18(11-9-17)30(27,28)24-14-3-4-15-24/h1-2,6-11,16,22H,3-5,12-15H2. The summed E-state index contributed by atoms with van der Waals surface area (Å²) >= 11 is 0. The van der Waals surface area contributed by atoms with Crippen molar-refractivity contribution >= 4 is 31.1 Å². The number of rotatable bonds is 8. The Kier molecular flexibility index (Phi) is 5.92. The fourth-order valence-corrected chi connectivity index (χ4v) is 6.19. The van der Waals surface area contributed by atoms with Gasteiger partial charge >= 0.3 is 0 Å². The molecule has 2 heterocycles.